The molecule has 0 radical (unpaired) electrons. The fourth-order valence-corrected chi connectivity index (χ4v) is 4.93. The zero-order valence-electron chi connectivity index (χ0n) is 22.6. The van der Waals surface area contributed by atoms with Crippen molar-refractivity contribution in [2.45, 2.75) is 52.2 Å². The molecule has 0 saturated carbocycles. The third-order valence-corrected chi connectivity index (χ3v) is 6.85. The average molecular weight is 531 g/mol. The number of amides is 1. The van der Waals surface area contributed by atoms with Crippen molar-refractivity contribution in [2.24, 2.45) is 0 Å². The van der Waals surface area contributed by atoms with Crippen molar-refractivity contribution in [1.82, 2.24) is 14.9 Å². The molecular formula is C31H32F2N4O2. The highest BCUT2D eigenvalue weighted by atomic mass is 19.1. The summed E-state index contributed by atoms with van der Waals surface area (Å²) in [5, 5.41) is 4.22. The summed E-state index contributed by atoms with van der Waals surface area (Å²) in [5.74, 6) is -0.708. The molecule has 2 aromatic carbocycles. The van der Waals surface area contributed by atoms with Gasteiger partial charge in [0.25, 0.3) is 0 Å². The maximum absolute atomic E-state index is 15.0. The number of likely N-dealkylation sites (tertiary alicyclic amines) is 1. The predicted molar refractivity (Wildman–Crippen MR) is 150 cm³/mol. The summed E-state index contributed by atoms with van der Waals surface area (Å²) in [7, 11) is 0. The van der Waals surface area contributed by atoms with Gasteiger partial charge in [0.1, 0.15) is 23.1 Å². The Balaban J connectivity index is 1.52. The number of carbonyl (C=O) groups is 1. The molecule has 1 fully saturated rings. The van der Waals surface area contributed by atoms with Crippen molar-refractivity contribution in [3.05, 3.63) is 78.0 Å². The van der Waals surface area contributed by atoms with Crippen molar-refractivity contribution < 1.29 is 18.3 Å². The number of hydrogen-bond acceptors (Lipinski definition) is 5. The van der Waals surface area contributed by atoms with Crippen LogP contribution in [0.5, 0.6) is 0 Å². The van der Waals surface area contributed by atoms with E-state index in [0.29, 0.717) is 48.5 Å². The molecule has 2 aromatic heterocycles. The first kappa shape index (κ1) is 26.5. The Bertz CT molecular complexity index is 1530. The fourth-order valence-electron chi connectivity index (χ4n) is 4.93. The van der Waals surface area contributed by atoms with Crippen LogP contribution in [0.25, 0.3) is 33.3 Å². The number of piperidine rings is 1. The predicted octanol–water partition coefficient (Wildman–Crippen LogP) is 7.36. The number of carbonyl (C=O) groups excluding carboxylic acids is 1. The number of fused-ring (bicyclic) bond motifs is 1. The molecule has 0 atom stereocenters. The van der Waals surface area contributed by atoms with Gasteiger partial charge in [-0.05, 0) is 75.9 Å². The molecule has 0 spiro atoms. The van der Waals surface area contributed by atoms with Crippen molar-refractivity contribution >= 4 is 22.8 Å². The van der Waals surface area contributed by atoms with Gasteiger partial charge in [-0.15, -0.1) is 0 Å². The van der Waals surface area contributed by atoms with E-state index in [1.165, 1.54) is 12.1 Å². The lowest BCUT2D eigenvalue weighted by molar-refractivity contribution is 0.0210. The molecule has 1 N–H and O–H groups in total. The molecule has 202 valence electrons. The minimum atomic E-state index is -0.645. The Morgan fingerprint density at radius 3 is 2.44 bits per heavy atom. The highest BCUT2D eigenvalue weighted by Gasteiger charge is 2.27. The van der Waals surface area contributed by atoms with Crippen LogP contribution in [0.3, 0.4) is 0 Å². The van der Waals surface area contributed by atoms with Gasteiger partial charge in [-0.2, -0.15) is 0 Å². The average Bonchev–Trinajstić information content (AvgIpc) is 2.88. The van der Waals surface area contributed by atoms with E-state index in [1.807, 2.05) is 58.0 Å². The number of aryl methyl sites for hydroxylation is 1. The number of hydrogen-bond donors (Lipinski definition) is 1. The number of nitrogens with zero attached hydrogens (tertiary/aromatic N) is 3. The summed E-state index contributed by atoms with van der Waals surface area (Å²) >= 11 is 0. The molecule has 1 aliphatic heterocycles. The van der Waals surface area contributed by atoms with E-state index in [4.69, 9.17) is 9.72 Å². The number of rotatable bonds is 4. The molecule has 8 heteroatoms. The topological polar surface area (TPSA) is 67.4 Å². The molecule has 6 nitrogen and oxygen atoms in total. The van der Waals surface area contributed by atoms with E-state index in [0.717, 1.165) is 22.6 Å². The van der Waals surface area contributed by atoms with Crippen LogP contribution in [0, 0.1) is 18.6 Å². The summed E-state index contributed by atoms with van der Waals surface area (Å²) in [5.41, 5.74) is 3.64. The van der Waals surface area contributed by atoms with Crippen LogP contribution < -0.4 is 5.32 Å². The quantitative estimate of drug-likeness (QED) is 0.299. The van der Waals surface area contributed by atoms with E-state index in [9.17, 15) is 9.18 Å². The van der Waals surface area contributed by atoms with Crippen LogP contribution in [0.2, 0.25) is 0 Å². The Hall–Kier alpha value is -4.07. The maximum atomic E-state index is 15.0. The maximum Gasteiger partial charge on any atom is 0.410 e. The lowest BCUT2D eigenvalue weighted by Gasteiger charge is -2.34. The van der Waals surface area contributed by atoms with Crippen molar-refractivity contribution in [3.63, 3.8) is 0 Å². The largest absolute Gasteiger partial charge is 0.444 e. The number of halogens is 2. The first-order valence-corrected chi connectivity index (χ1v) is 13.1. The van der Waals surface area contributed by atoms with E-state index in [2.05, 4.69) is 10.3 Å². The Kier molecular flexibility index (Phi) is 7.21. The molecule has 39 heavy (non-hydrogen) atoms. The summed E-state index contributed by atoms with van der Waals surface area (Å²) in [4.78, 5) is 23.8. The summed E-state index contributed by atoms with van der Waals surface area (Å²) in [6.45, 7) is 8.67. The molecule has 0 unspecified atom stereocenters. The van der Waals surface area contributed by atoms with Gasteiger partial charge in [0, 0.05) is 47.9 Å². The van der Waals surface area contributed by atoms with Gasteiger partial charge < -0.3 is 15.0 Å². The van der Waals surface area contributed by atoms with Gasteiger partial charge in [0.15, 0.2) is 0 Å². The molecule has 0 bridgehead atoms. The van der Waals surface area contributed by atoms with Gasteiger partial charge in [-0.1, -0.05) is 24.3 Å². The first-order chi connectivity index (χ1) is 18.6. The summed E-state index contributed by atoms with van der Waals surface area (Å²) in [6, 6.07) is 15.2. The second-order valence-electron chi connectivity index (χ2n) is 10.9. The van der Waals surface area contributed by atoms with Crippen LogP contribution >= 0.6 is 0 Å². The molecule has 5 rings (SSSR count). The normalized spacial score (nSPS) is 14.5. The monoisotopic (exact) mass is 530 g/mol. The number of aromatic nitrogens is 2. The van der Waals surface area contributed by atoms with E-state index in [1.54, 1.807) is 17.2 Å². The lowest BCUT2D eigenvalue weighted by Crippen LogP contribution is -2.44. The Morgan fingerprint density at radius 1 is 1.00 bits per heavy atom. The van der Waals surface area contributed by atoms with Gasteiger partial charge in [-0.3, -0.25) is 4.98 Å². The van der Waals surface area contributed by atoms with E-state index < -0.39 is 17.2 Å². The Morgan fingerprint density at radius 2 is 1.74 bits per heavy atom. The molecule has 3 heterocycles. The standard InChI is InChI=1S/C31H32F2N4O2/c1-19-7-5-6-8-22(19)28-29-24(11-14-34-28)25(23-10-9-20(32)17-26(23)33)18-27(36-29)35-21-12-15-37(16-13-21)30(38)39-31(2,3)4/h5-11,14,17-18,21H,12-13,15-16H2,1-4H3,(H,35,36). The van der Waals surface area contributed by atoms with Gasteiger partial charge in [-0.25, -0.2) is 18.6 Å². The third-order valence-electron chi connectivity index (χ3n) is 6.85. The minimum Gasteiger partial charge on any atom is -0.444 e. The number of benzene rings is 2. The van der Waals surface area contributed by atoms with Crippen LogP contribution in [0.4, 0.5) is 19.4 Å². The molecular weight excluding hydrogens is 498 g/mol. The molecule has 1 saturated heterocycles. The smallest absolute Gasteiger partial charge is 0.410 e. The molecule has 1 amide bonds. The molecule has 4 aromatic rings. The zero-order chi connectivity index (χ0) is 27.7. The number of anilines is 1. The second-order valence-corrected chi connectivity index (χ2v) is 10.9. The number of pyridine rings is 2. The SMILES string of the molecule is Cc1ccccc1-c1nccc2c(-c3ccc(F)cc3F)cc(NC3CCN(C(=O)OC(C)(C)C)CC3)nc12. The lowest BCUT2D eigenvalue weighted by atomic mass is 9.97. The minimum absolute atomic E-state index is 0.0538. The van der Waals surface area contributed by atoms with Crippen molar-refractivity contribution in [3.8, 4) is 22.4 Å². The van der Waals surface area contributed by atoms with Crippen LogP contribution in [-0.4, -0.2) is 45.7 Å². The molecule has 0 aliphatic carbocycles. The highest BCUT2D eigenvalue weighted by molar-refractivity contribution is 6.02. The third kappa shape index (κ3) is 5.85. The molecule has 1 aliphatic rings. The van der Waals surface area contributed by atoms with E-state index >= 15 is 4.39 Å². The first-order valence-electron chi connectivity index (χ1n) is 13.1. The van der Waals surface area contributed by atoms with Crippen molar-refractivity contribution in [1.29, 1.82) is 0 Å². The van der Waals surface area contributed by atoms with Crippen LogP contribution in [0.1, 0.15) is 39.2 Å². The number of ether oxygens (including phenoxy) is 1. The van der Waals surface area contributed by atoms with Gasteiger partial charge in [0.05, 0.1) is 11.2 Å². The summed E-state index contributed by atoms with van der Waals surface area (Å²) in [6.07, 6.45) is 2.79. The zero-order valence-corrected chi connectivity index (χ0v) is 22.6. The second kappa shape index (κ2) is 10.6. The van der Waals surface area contributed by atoms with Crippen molar-refractivity contribution in [2.75, 3.05) is 18.4 Å². The van der Waals surface area contributed by atoms with Crippen LogP contribution in [-0.2, 0) is 4.74 Å². The van der Waals surface area contributed by atoms with Crippen LogP contribution in [0.15, 0.2) is 60.8 Å². The Labute approximate surface area is 227 Å². The highest BCUT2D eigenvalue weighted by Crippen LogP contribution is 2.36. The van der Waals surface area contributed by atoms with Gasteiger partial charge in [0.2, 0.25) is 0 Å². The number of nitrogens with one attached hydrogen (secondary N) is 1. The fraction of sp³-hybridized carbons (Fsp3) is 0.323. The summed E-state index contributed by atoms with van der Waals surface area (Å²) < 4.78 is 34.3. The van der Waals surface area contributed by atoms with Gasteiger partial charge >= 0.3 is 6.09 Å². The van der Waals surface area contributed by atoms with E-state index in [-0.39, 0.29) is 17.7 Å².